The Balaban J connectivity index is 1.94. The Morgan fingerprint density at radius 1 is 1.25 bits per heavy atom. The van der Waals surface area contributed by atoms with Gasteiger partial charge in [-0.1, -0.05) is 30.3 Å². The van der Waals surface area contributed by atoms with Crippen LogP contribution in [-0.4, -0.2) is 44.8 Å². The Labute approximate surface area is 97.4 Å². The molecule has 2 rings (SSSR count). The highest BCUT2D eigenvalue weighted by atomic mass is 16.5. The number of morpholine rings is 1. The molecule has 1 fully saturated rings. The molecule has 1 aromatic rings. The molecule has 0 saturated carbocycles. The van der Waals surface area contributed by atoms with E-state index in [-0.39, 0.29) is 0 Å². The molecule has 0 unspecified atom stereocenters. The second kappa shape index (κ2) is 5.99. The molecule has 0 amide bonds. The van der Waals surface area contributed by atoms with Crippen LogP contribution < -0.4 is 5.32 Å². The monoisotopic (exact) mass is 220 g/mol. The molecule has 1 aliphatic rings. The van der Waals surface area contributed by atoms with Gasteiger partial charge in [0.25, 0.3) is 0 Å². The van der Waals surface area contributed by atoms with Crippen molar-refractivity contribution in [1.82, 2.24) is 10.2 Å². The van der Waals surface area contributed by atoms with E-state index in [9.17, 15) is 0 Å². The number of nitrogens with zero attached hydrogens (tertiary/aromatic N) is 1. The van der Waals surface area contributed by atoms with Gasteiger partial charge in [-0.3, -0.25) is 4.90 Å². The summed E-state index contributed by atoms with van der Waals surface area (Å²) in [5.74, 6) is 0. The van der Waals surface area contributed by atoms with Crippen LogP contribution in [0, 0.1) is 0 Å². The molecule has 16 heavy (non-hydrogen) atoms. The largest absolute Gasteiger partial charge is 0.379 e. The van der Waals surface area contributed by atoms with Crippen LogP contribution in [0.1, 0.15) is 11.6 Å². The minimum atomic E-state index is 0.416. The second-order valence-corrected chi connectivity index (χ2v) is 4.16. The molecule has 1 N–H and O–H groups in total. The normalized spacial score (nSPS) is 19.6. The quantitative estimate of drug-likeness (QED) is 0.827. The van der Waals surface area contributed by atoms with E-state index in [0.29, 0.717) is 6.04 Å². The van der Waals surface area contributed by atoms with Crippen LogP contribution in [0.2, 0.25) is 0 Å². The molecule has 88 valence electrons. The molecule has 1 aliphatic heterocycles. The van der Waals surface area contributed by atoms with E-state index in [1.165, 1.54) is 5.56 Å². The highest BCUT2D eigenvalue weighted by Crippen LogP contribution is 2.14. The van der Waals surface area contributed by atoms with Gasteiger partial charge in [0, 0.05) is 25.7 Å². The zero-order valence-corrected chi connectivity index (χ0v) is 9.86. The molecule has 0 aliphatic carbocycles. The van der Waals surface area contributed by atoms with Crippen molar-refractivity contribution in [3.05, 3.63) is 35.9 Å². The Morgan fingerprint density at radius 3 is 2.56 bits per heavy atom. The number of rotatable bonds is 4. The van der Waals surface area contributed by atoms with E-state index in [2.05, 4.69) is 40.5 Å². The van der Waals surface area contributed by atoms with Gasteiger partial charge in [-0.2, -0.15) is 0 Å². The molecule has 0 bridgehead atoms. The third-order valence-electron chi connectivity index (χ3n) is 3.09. The first-order valence-corrected chi connectivity index (χ1v) is 5.92. The smallest absolute Gasteiger partial charge is 0.0594 e. The van der Waals surface area contributed by atoms with Crippen molar-refractivity contribution in [3.63, 3.8) is 0 Å². The van der Waals surface area contributed by atoms with Crippen molar-refractivity contribution in [3.8, 4) is 0 Å². The molecule has 1 saturated heterocycles. The van der Waals surface area contributed by atoms with Gasteiger partial charge in [0.2, 0.25) is 0 Å². The maximum atomic E-state index is 5.36. The molecule has 1 atom stereocenters. The van der Waals surface area contributed by atoms with Crippen LogP contribution in [0.4, 0.5) is 0 Å². The summed E-state index contributed by atoms with van der Waals surface area (Å²) in [5.41, 5.74) is 1.36. The van der Waals surface area contributed by atoms with Gasteiger partial charge in [0.15, 0.2) is 0 Å². The summed E-state index contributed by atoms with van der Waals surface area (Å²) in [6.07, 6.45) is 0. The third kappa shape index (κ3) is 3.04. The van der Waals surface area contributed by atoms with Gasteiger partial charge >= 0.3 is 0 Å². The molecule has 0 spiro atoms. The predicted molar refractivity (Wildman–Crippen MR) is 65.5 cm³/mol. The first-order chi connectivity index (χ1) is 7.90. The second-order valence-electron chi connectivity index (χ2n) is 4.16. The fraction of sp³-hybridized carbons (Fsp3) is 0.538. The van der Waals surface area contributed by atoms with Gasteiger partial charge in [-0.05, 0) is 12.6 Å². The van der Waals surface area contributed by atoms with Crippen molar-refractivity contribution in [2.45, 2.75) is 6.04 Å². The summed E-state index contributed by atoms with van der Waals surface area (Å²) in [7, 11) is 2.03. The fourth-order valence-electron chi connectivity index (χ4n) is 2.09. The van der Waals surface area contributed by atoms with Gasteiger partial charge in [-0.25, -0.2) is 0 Å². The number of nitrogens with one attached hydrogen (secondary N) is 1. The minimum absolute atomic E-state index is 0.416. The number of ether oxygens (including phenoxy) is 1. The van der Waals surface area contributed by atoms with Crippen LogP contribution in [0.15, 0.2) is 30.3 Å². The fourth-order valence-corrected chi connectivity index (χ4v) is 2.09. The Morgan fingerprint density at radius 2 is 1.94 bits per heavy atom. The Bertz CT molecular complexity index is 296. The summed E-state index contributed by atoms with van der Waals surface area (Å²) < 4.78 is 5.36. The lowest BCUT2D eigenvalue weighted by Crippen LogP contribution is -2.41. The molecule has 3 heteroatoms. The van der Waals surface area contributed by atoms with Gasteiger partial charge in [-0.15, -0.1) is 0 Å². The van der Waals surface area contributed by atoms with E-state index in [4.69, 9.17) is 4.74 Å². The van der Waals surface area contributed by atoms with E-state index in [1.54, 1.807) is 0 Å². The topological polar surface area (TPSA) is 24.5 Å². The molecular weight excluding hydrogens is 200 g/mol. The highest BCUT2D eigenvalue weighted by Gasteiger charge is 2.16. The SMILES string of the molecule is CN[C@H](CN1CCOCC1)c1ccccc1. The lowest BCUT2D eigenvalue weighted by atomic mass is 10.1. The molecule has 3 nitrogen and oxygen atoms in total. The summed E-state index contributed by atoms with van der Waals surface area (Å²) in [6, 6.07) is 11.0. The van der Waals surface area contributed by atoms with Crippen LogP contribution in [0.3, 0.4) is 0 Å². The van der Waals surface area contributed by atoms with Crippen LogP contribution in [0.5, 0.6) is 0 Å². The van der Waals surface area contributed by atoms with Crippen LogP contribution in [0.25, 0.3) is 0 Å². The molecule has 1 heterocycles. The first kappa shape index (κ1) is 11.6. The standard InChI is InChI=1S/C13H20N2O/c1-14-13(12-5-3-2-4-6-12)11-15-7-9-16-10-8-15/h2-6,13-14H,7-11H2,1H3/t13-/m1/s1. The summed E-state index contributed by atoms with van der Waals surface area (Å²) in [6.45, 7) is 4.89. The summed E-state index contributed by atoms with van der Waals surface area (Å²) in [5, 5.41) is 3.38. The van der Waals surface area contributed by atoms with Crippen molar-refractivity contribution in [2.24, 2.45) is 0 Å². The van der Waals surface area contributed by atoms with Crippen molar-refractivity contribution in [2.75, 3.05) is 39.9 Å². The number of benzene rings is 1. The number of hydrogen-bond donors (Lipinski definition) is 1. The molecular formula is C13H20N2O. The van der Waals surface area contributed by atoms with Crippen molar-refractivity contribution >= 4 is 0 Å². The lowest BCUT2D eigenvalue weighted by Gasteiger charge is -2.30. The third-order valence-corrected chi connectivity index (χ3v) is 3.09. The van der Waals surface area contributed by atoms with Gasteiger partial charge in [0.1, 0.15) is 0 Å². The maximum Gasteiger partial charge on any atom is 0.0594 e. The van der Waals surface area contributed by atoms with Crippen molar-refractivity contribution in [1.29, 1.82) is 0 Å². The van der Waals surface area contributed by atoms with E-state index < -0.39 is 0 Å². The van der Waals surface area contributed by atoms with E-state index in [0.717, 1.165) is 32.8 Å². The number of hydrogen-bond acceptors (Lipinski definition) is 3. The van der Waals surface area contributed by atoms with E-state index >= 15 is 0 Å². The summed E-state index contributed by atoms with van der Waals surface area (Å²) >= 11 is 0. The lowest BCUT2D eigenvalue weighted by molar-refractivity contribution is 0.0338. The highest BCUT2D eigenvalue weighted by molar-refractivity contribution is 5.19. The summed E-state index contributed by atoms with van der Waals surface area (Å²) in [4.78, 5) is 2.46. The Hall–Kier alpha value is -0.900. The van der Waals surface area contributed by atoms with Crippen LogP contribution >= 0.6 is 0 Å². The van der Waals surface area contributed by atoms with Gasteiger partial charge in [0.05, 0.1) is 13.2 Å². The molecule has 0 radical (unpaired) electrons. The molecule has 0 aromatic heterocycles. The first-order valence-electron chi connectivity index (χ1n) is 5.92. The van der Waals surface area contributed by atoms with Crippen LogP contribution in [-0.2, 0) is 4.74 Å². The number of likely N-dealkylation sites (N-methyl/N-ethyl adjacent to an activating group) is 1. The van der Waals surface area contributed by atoms with E-state index in [1.807, 2.05) is 7.05 Å². The Kier molecular flexibility index (Phi) is 4.34. The molecule has 1 aromatic carbocycles. The average molecular weight is 220 g/mol. The average Bonchev–Trinajstić information content (AvgIpc) is 2.38. The maximum absolute atomic E-state index is 5.36. The zero-order chi connectivity index (χ0) is 11.2. The van der Waals surface area contributed by atoms with Gasteiger partial charge < -0.3 is 10.1 Å². The van der Waals surface area contributed by atoms with Crippen molar-refractivity contribution < 1.29 is 4.74 Å². The predicted octanol–water partition coefficient (Wildman–Crippen LogP) is 1.28. The minimum Gasteiger partial charge on any atom is -0.379 e. The zero-order valence-electron chi connectivity index (χ0n) is 9.86.